The number of carbonyl (C=O) groups excluding carboxylic acids is 2. The molecule has 4 rings (SSSR count). The molecule has 0 bridgehead atoms. The van der Waals surface area contributed by atoms with E-state index in [9.17, 15) is 9.59 Å². The van der Waals surface area contributed by atoms with Gasteiger partial charge in [-0.3, -0.25) is 14.5 Å². The van der Waals surface area contributed by atoms with Gasteiger partial charge in [0.2, 0.25) is 0 Å². The van der Waals surface area contributed by atoms with Crippen LogP contribution in [0.3, 0.4) is 0 Å². The maximum absolute atomic E-state index is 13.0. The Bertz CT molecular complexity index is 870. The predicted molar refractivity (Wildman–Crippen MR) is 97.9 cm³/mol. The van der Waals surface area contributed by atoms with Crippen molar-refractivity contribution >= 4 is 23.1 Å². The molecule has 0 saturated heterocycles. The van der Waals surface area contributed by atoms with Crippen LogP contribution in [-0.4, -0.2) is 29.8 Å². The molecule has 25 heavy (non-hydrogen) atoms. The van der Waals surface area contributed by atoms with Crippen molar-refractivity contribution in [2.45, 2.75) is 19.8 Å². The van der Waals surface area contributed by atoms with Crippen molar-refractivity contribution in [1.82, 2.24) is 4.90 Å². The average Bonchev–Trinajstić information content (AvgIpc) is 2.91. The molecule has 4 nitrogen and oxygen atoms in total. The van der Waals surface area contributed by atoms with Crippen LogP contribution in [0.2, 0.25) is 0 Å². The van der Waals surface area contributed by atoms with Crippen LogP contribution in [0.1, 0.15) is 24.5 Å². The van der Waals surface area contributed by atoms with Gasteiger partial charge >= 0.3 is 0 Å². The summed E-state index contributed by atoms with van der Waals surface area (Å²) >= 11 is 0. The van der Waals surface area contributed by atoms with Crippen LogP contribution in [-0.2, 0) is 16.0 Å². The smallest absolute Gasteiger partial charge is 0.278 e. The third-order valence-electron chi connectivity index (χ3n) is 4.90. The standard InChI is InChI=1S/C21H20N2O2/c1-2-22-20(24)18(16-10-4-3-5-11-16)19(21(22)25)23-14-8-12-15-9-6-7-13-17(15)23/h3-7,9-11,13H,2,8,12,14H2,1H3. The maximum atomic E-state index is 13.0. The molecule has 2 heterocycles. The van der Waals surface area contributed by atoms with Crippen molar-refractivity contribution < 1.29 is 9.59 Å². The third-order valence-corrected chi connectivity index (χ3v) is 4.90. The highest BCUT2D eigenvalue weighted by Gasteiger charge is 2.41. The number of para-hydroxylation sites is 1. The van der Waals surface area contributed by atoms with E-state index in [1.54, 1.807) is 0 Å². The lowest BCUT2D eigenvalue weighted by atomic mass is 9.98. The van der Waals surface area contributed by atoms with Crippen molar-refractivity contribution in [2.75, 3.05) is 18.0 Å². The van der Waals surface area contributed by atoms with Gasteiger partial charge in [-0.2, -0.15) is 0 Å². The number of rotatable bonds is 3. The molecule has 0 radical (unpaired) electrons. The minimum absolute atomic E-state index is 0.192. The fraction of sp³-hybridized carbons (Fsp3) is 0.238. The molecule has 126 valence electrons. The molecule has 2 aromatic carbocycles. The summed E-state index contributed by atoms with van der Waals surface area (Å²) in [5, 5.41) is 0. The molecule has 0 atom stereocenters. The van der Waals surface area contributed by atoms with Gasteiger partial charge in [0, 0.05) is 18.8 Å². The summed E-state index contributed by atoms with van der Waals surface area (Å²) < 4.78 is 0. The Kier molecular flexibility index (Phi) is 3.88. The Balaban J connectivity index is 1.92. The van der Waals surface area contributed by atoms with Gasteiger partial charge in [-0.15, -0.1) is 0 Å². The molecule has 0 N–H and O–H groups in total. The molecule has 4 heteroatoms. The maximum Gasteiger partial charge on any atom is 0.278 e. The van der Waals surface area contributed by atoms with Gasteiger partial charge in [0.25, 0.3) is 11.8 Å². The van der Waals surface area contributed by atoms with Crippen LogP contribution in [0.25, 0.3) is 5.57 Å². The van der Waals surface area contributed by atoms with Crippen LogP contribution in [0, 0.1) is 0 Å². The van der Waals surface area contributed by atoms with Gasteiger partial charge in [-0.1, -0.05) is 48.5 Å². The fourth-order valence-electron chi connectivity index (χ4n) is 3.73. The summed E-state index contributed by atoms with van der Waals surface area (Å²) in [5.41, 5.74) is 4.10. The molecule has 0 fully saturated rings. The highest BCUT2D eigenvalue weighted by molar-refractivity contribution is 6.36. The van der Waals surface area contributed by atoms with E-state index in [1.807, 2.05) is 60.4 Å². The van der Waals surface area contributed by atoms with Crippen LogP contribution < -0.4 is 4.90 Å². The van der Waals surface area contributed by atoms with Gasteiger partial charge in [0.1, 0.15) is 5.70 Å². The van der Waals surface area contributed by atoms with Crippen LogP contribution in [0.15, 0.2) is 60.3 Å². The van der Waals surface area contributed by atoms with Crippen molar-refractivity contribution in [1.29, 1.82) is 0 Å². The normalized spacial score (nSPS) is 17.3. The SMILES string of the molecule is CCN1C(=O)C(c2ccccc2)=C(N2CCCc3ccccc32)C1=O. The van der Waals surface area contributed by atoms with E-state index in [0.717, 1.165) is 30.6 Å². The van der Waals surface area contributed by atoms with Crippen LogP contribution in [0.5, 0.6) is 0 Å². The quantitative estimate of drug-likeness (QED) is 0.810. The summed E-state index contributed by atoms with van der Waals surface area (Å²) in [4.78, 5) is 29.4. The lowest BCUT2D eigenvalue weighted by molar-refractivity contribution is -0.136. The minimum atomic E-state index is -0.197. The number of likely N-dealkylation sites (N-methyl/N-ethyl adjacent to an activating group) is 1. The zero-order chi connectivity index (χ0) is 17.4. The molecule has 2 aliphatic rings. The van der Waals surface area contributed by atoms with Crippen molar-refractivity contribution in [3.63, 3.8) is 0 Å². The van der Waals surface area contributed by atoms with E-state index in [4.69, 9.17) is 0 Å². The zero-order valence-electron chi connectivity index (χ0n) is 14.2. The molecule has 2 aromatic rings. The Labute approximate surface area is 147 Å². The van der Waals surface area contributed by atoms with Crippen molar-refractivity contribution in [2.24, 2.45) is 0 Å². The summed E-state index contributed by atoms with van der Waals surface area (Å²) in [7, 11) is 0. The number of anilines is 1. The molecule has 0 spiro atoms. The van der Waals surface area contributed by atoms with Crippen molar-refractivity contribution in [3.05, 3.63) is 71.4 Å². The molecule has 0 saturated carbocycles. The Morgan fingerprint density at radius 2 is 1.64 bits per heavy atom. The van der Waals surface area contributed by atoms with E-state index < -0.39 is 0 Å². The van der Waals surface area contributed by atoms with E-state index in [1.165, 1.54) is 10.5 Å². The molecule has 2 amide bonds. The van der Waals surface area contributed by atoms with E-state index in [2.05, 4.69) is 6.07 Å². The monoisotopic (exact) mass is 332 g/mol. The summed E-state index contributed by atoms with van der Waals surface area (Å²) in [5.74, 6) is -0.389. The summed E-state index contributed by atoms with van der Waals surface area (Å²) in [6, 6.07) is 17.7. The molecule has 0 aromatic heterocycles. The highest BCUT2D eigenvalue weighted by Crippen LogP contribution is 2.37. The van der Waals surface area contributed by atoms with Gasteiger partial charge < -0.3 is 4.90 Å². The van der Waals surface area contributed by atoms with Gasteiger partial charge in [-0.05, 0) is 37.0 Å². The number of benzene rings is 2. The minimum Gasteiger partial charge on any atom is -0.336 e. The first-order valence-corrected chi connectivity index (χ1v) is 8.73. The Morgan fingerprint density at radius 1 is 0.920 bits per heavy atom. The molecular weight excluding hydrogens is 312 g/mol. The van der Waals surface area contributed by atoms with Gasteiger partial charge in [-0.25, -0.2) is 0 Å². The second-order valence-corrected chi connectivity index (χ2v) is 6.33. The number of hydrogen-bond acceptors (Lipinski definition) is 3. The Hall–Kier alpha value is -2.88. The summed E-state index contributed by atoms with van der Waals surface area (Å²) in [6.45, 7) is 2.97. The first-order chi connectivity index (χ1) is 12.2. The number of aryl methyl sites for hydroxylation is 1. The number of imide groups is 1. The average molecular weight is 332 g/mol. The summed E-state index contributed by atoms with van der Waals surface area (Å²) in [6.07, 6.45) is 1.97. The van der Waals surface area contributed by atoms with Crippen LogP contribution in [0.4, 0.5) is 5.69 Å². The molecule has 2 aliphatic heterocycles. The largest absolute Gasteiger partial charge is 0.336 e. The third kappa shape index (κ3) is 2.45. The number of nitrogens with zero attached hydrogens (tertiary/aromatic N) is 2. The van der Waals surface area contributed by atoms with E-state index >= 15 is 0 Å². The Morgan fingerprint density at radius 3 is 2.40 bits per heavy atom. The number of fused-ring (bicyclic) bond motifs is 1. The van der Waals surface area contributed by atoms with Gasteiger partial charge in [0.05, 0.1) is 5.57 Å². The van der Waals surface area contributed by atoms with E-state index in [-0.39, 0.29) is 11.8 Å². The van der Waals surface area contributed by atoms with E-state index in [0.29, 0.717) is 17.8 Å². The second kappa shape index (κ2) is 6.20. The predicted octanol–water partition coefficient (Wildman–Crippen LogP) is 3.24. The highest BCUT2D eigenvalue weighted by atomic mass is 16.2. The lowest BCUT2D eigenvalue weighted by Crippen LogP contribution is -2.37. The number of carbonyl (C=O) groups is 2. The first-order valence-electron chi connectivity index (χ1n) is 8.73. The molecule has 0 aliphatic carbocycles. The van der Waals surface area contributed by atoms with Crippen molar-refractivity contribution in [3.8, 4) is 0 Å². The zero-order valence-corrected chi connectivity index (χ0v) is 14.2. The molecule has 0 unspecified atom stereocenters. The second-order valence-electron chi connectivity index (χ2n) is 6.33. The fourth-order valence-corrected chi connectivity index (χ4v) is 3.73. The topological polar surface area (TPSA) is 40.6 Å². The number of amides is 2. The lowest BCUT2D eigenvalue weighted by Gasteiger charge is -2.32. The van der Waals surface area contributed by atoms with Gasteiger partial charge in [0.15, 0.2) is 0 Å². The number of hydrogen-bond donors (Lipinski definition) is 0. The molecular formula is C21H20N2O2. The first kappa shape index (κ1) is 15.6. The van der Waals surface area contributed by atoms with Crippen LogP contribution >= 0.6 is 0 Å².